The highest BCUT2D eigenvalue weighted by atomic mass is 16.3. The number of nitrogens with one attached hydrogen (secondary N) is 1. The number of aliphatic imine (C=N–C) groups is 1. The van der Waals surface area contributed by atoms with Crippen molar-refractivity contribution >= 4 is 12.1 Å². The predicted octanol–water partition coefficient (Wildman–Crippen LogP) is -0.0820. The highest BCUT2D eigenvalue weighted by molar-refractivity contribution is 5.86. The van der Waals surface area contributed by atoms with Crippen LogP contribution in [0.1, 0.15) is 5.56 Å². The maximum absolute atomic E-state index is 11.2. The van der Waals surface area contributed by atoms with Crippen molar-refractivity contribution < 1.29 is 15.0 Å². The molecule has 0 fully saturated rings. The third-order valence-electron chi connectivity index (χ3n) is 2.02. The Kier molecular flexibility index (Phi) is 4.47. The minimum absolute atomic E-state index is 0.169. The van der Waals surface area contributed by atoms with Crippen LogP contribution in [0.25, 0.3) is 0 Å². The standard InChI is InChI=1S/C11H14N2O3/c1-12-11(16)10(7-14)13-6-8-2-4-9(15)5-3-8/h2-6,10,14-15H,7H2,1H3,(H,12,16)/b13-6+/t10-/m0/s1. The molecule has 0 aliphatic carbocycles. The molecule has 0 aliphatic heterocycles. The fraction of sp³-hybridized carbons (Fsp3) is 0.273. The van der Waals surface area contributed by atoms with Gasteiger partial charge in [0.15, 0.2) is 6.04 Å². The summed E-state index contributed by atoms with van der Waals surface area (Å²) in [6.45, 7) is -0.339. The van der Waals surface area contributed by atoms with E-state index in [1.807, 2.05) is 0 Å². The van der Waals surface area contributed by atoms with E-state index in [1.54, 1.807) is 12.1 Å². The van der Waals surface area contributed by atoms with Crippen LogP contribution in [0.4, 0.5) is 0 Å². The molecule has 1 amide bonds. The van der Waals surface area contributed by atoms with Gasteiger partial charge in [0.2, 0.25) is 5.91 Å². The van der Waals surface area contributed by atoms with Gasteiger partial charge in [0.25, 0.3) is 0 Å². The Morgan fingerprint density at radius 3 is 2.62 bits per heavy atom. The molecule has 1 aromatic carbocycles. The summed E-state index contributed by atoms with van der Waals surface area (Å²) in [6.07, 6.45) is 1.48. The number of aliphatic hydroxyl groups is 1. The lowest BCUT2D eigenvalue weighted by atomic mass is 10.2. The molecule has 0 unspecified atom stereocenters. The predicted molar refractivity (Wildman–Crippen MR) is 60.6 cm³/mol. The number of carbonyl (C=O) groups excluding carboxylic acids is 1. The maximum Gasteiger partial charge on any atom is 0.246 e. The van der Waals surface area contributed by atoms with Crippen molar-refractivity contribution in [1.29, 1.82) is 0 Å². The number of likely N-dealkylation sites (N-methyl/N-ethyl adjacent to an activating group) is 1. The number of phenols is 1. The van der Waals surface area contributed by atoms with Gasteiger partial charge in [-0.15, -0.1) is 0 Å². The SMILES string of the molecule is CNC(=O)[C@H](CO)/N=C/c1ccc(O)cc1. The molecule has 5 nitrogen and oxygen atoms in total. The molecule has 0 aliphatic rings. The van der Waals surface area contributed by atoms with E-state index in [-0.39, 0.29) is 18.3 Å². The number of aromatic hydroxyl groups is 1. The summed E-state index contributed by atoms with van der Waals surface area (Å²) < 4.78 is 0. The fourth-order valence-corrected chi connectivity index (χ4v) is 1.10. The minimum Gasteiger partial charge on any atom is -0.508 e. The molecule has 16 heavy (non-hydrogen) atoms. The third-order valence-corrected chi connectivity index (χ3v) is 2.02. The molecule has 0 heterocycles. The molecule has 0 bridgehead atoms. The smallest absolute Gasteiger partial charge is 0.246 e. The van der Waals surface area contributed by atoms with Crippen LogP contribution in [-0.2, 0) is 4.79 Å². The Balaban J connectivity index is 2.71. The monoisotopic (exact) mass is 222 g/mol. The summed E-state index contributed by atoms with van der Waals surface area (Å²) >= 11 is 0. The summed E-state index contributed by atoms with van der Waals surface area (Å²) in [5.74, 6) is -0.167. The number of hydrogen-bond acceptors (Lipinski definition) is 4. The lowest BCUT2D eigenvalue weighted by molar-refractivity contribution is -0.122. The number of carbonyl (C=O) groups is 1. The van der Waals surface area contributed by atoms with Crippen molar-refractivity contribution in [3.8, 4) is 5.75 Å². The highest BCUT2D eigenvalue weighted by Crippen LogP contribution is 2.08. The van der Waals surface area contributed by atoms with Gasteiger partial charge in [-0.05, 0) is 29.8 Å². The van der Waals surface area contributed by atoms with Crippen LogP contribution >= 0.6 is 0 Å². The third kappa shape index (κ3) is 3.36. The van der Waals surface area contributed by atoms with Crippen LogP contribution in [0.5, 0.6) is 5.75 Å². The van der Waals surface area contributed by atoms with E-state index in [1.165, 1.54) is 25.4 Å². The van der Waals surface area contributed by atoms with Crippen molar-refractivity contribution in [2.24, 2.45) is 4.99 Å². The van der Waals surface area contributed by atoms with Gasteiger partial charge in [-0.2, -0.15) is 0 Å². The number of rotatable bonds is 4. The van der Waals surface area contributed by atoms with E-state index in [4.69, 9.17) is 10.2 Å². The average Bonchev–Trinajstić information content (AvgIpc) is 2.31. The van der Waals surface area contributed by atoms with Crippen LogP contribution in [0, 0.1) is 0 Å². The molecule has 0 aromatic heterocycles. The molecule has 1 atom stereocenters. The van der Waals surface area contributed by atoms with E-state index in [0.29, 0.717) is 0 Å². The zero-order valence-corrected chi connectivity index (χ0v) is 8.92. The maximum atomic E-state index is 11.2. The summed E-state index contributed by atoms with van der Waals surface area (Å²) in [7, 11) is 1.49. The van der Waals surface area contributed by atoms with Gasteiger partial charge in [0.05, 0.1) is 6.61 Å². The molecule has 0 radical (unpaired) electrons. The average molecular weight is 222 g/mol. The zero-order valence-electron chi connectivity index (χ0n) is 8.92. The van der Waals surface area contributed by atoms with Gasteiger partial charge < -0.3 is 15.5 Å². The Morgan fingerprint density at radius 2 is 2.12 bits per heavy atom. The van der Waals surface area contributed by atoms with Crippen LogP contribution in [0.2, 0.25) is 0 Å². The summed E-state index contributed by atoms with van der Waals surface area (Å²) in [5.41, 5.74) is 0.750. The van der Waals surface area contributed by atoms with Crippen molar-refractivity contribution in [3.05, 3.63) is 29.8 Å². The van der Waals surface area contributed by atoms with E-state index in [9.17, 15) is 4.79 Å². The largest absolute Gasteiger partial charge is 0.508 e. The first-order chi connectivity index (χ1) is 7.67. The number of benzene rings is 1. The zero-order chi connectivity index (χ0) is 12.0. The second-order valence-corrected chi connectivity index (χ2v) is 3.18. The molecule has 0 saturated carbocycles. The van der Waals surface area contributed by atoms with Gasteiger partial charge in [-0.25, -0.2) is 0 Å². The highest BCUT2D eigenvalue weighted by Gasteiger charge is 2.12. The van der Waals surface area contributed by atoms with Crippen molar-refractivity contribution in [1.82, 2.24) is 5.32 Å². The lowest BCUT2D eigenvalue weighted by Gasteiger charge is -2.06. The van der Waals surface area contributed by atoms with E-state index < -0.39 is 6.04 Å². The van der Waals surface area contributed by atoms with Crippen molar-refractivity contribution in [2.45, 2.75) is 6.04 Å². The summed E-state index contributed by atoms with van der Waals surface area (Å²) in [6, 6.07) is 5.58. The quantitative estimate of drug-likeness (QED) is 0.623. The fourth-order valence-electron chi connectivity index (χ4n) is 1.10. The molecule has 3 N–H and O–H groups in total. The van der Waals surface area contributed by atoms with E-state index >= 15 is 0 Å². The topological polar surface area (TPSA) is 81.9 Å². The normalized spacial score (nSPS) is 12.6. The molecule has 1 aromatic rings. The number of nitrogens with zero attached hydrogens (tertiary/aromatic N) is 1. The van der Waals surface area contributed by atoms with Gasteiger partial charge in [-0.3, -0.25) is 9.79 Å². The molecule has 0 saturated heterocycles. The number of amides is 1. The van der Waals surface area contributed by atoms with Gasteiger partial charge in [0.1, 0.15) is 5.75 Å². The number of hydrogen-bond donors (Lipinski definition) is 3. The molecule has 86 valence electrons. The van der Waals surface area contributed by atoms with E-state index in [2.05, 4.69) is 10.3 Å². The van der Waals surface area contributed by atoms with Crippen LogP contribution in [-0.4, -0.2) is 42.0 Å². The number of phenolic OH excluding ortho intramolecular Hbond substituents is 1. The Labute approximate surface area is 93.5 Å². The molecule has 5 heteroatoms. The van der Waals surface area contributed by atoms with Crippen LogP contribution in [0.3, 0.4) is 0 Å². The van der Waals surface area contributed by atoms with Crippen LogP contribution < -0.4 is 5.32 Å². The van der Waals surface area contributed by atoms with Crippen molar-refractivity contribution in [2.75, 3.05) is 13.7 Å². The van der Waals surface area contributed by atoms with E-state index in [0.717, 1.165) is 5.56 Å². The second-order valence-electron chi connectivity index (χ2n) is 3.18. The van der Waals surface area contributed by atoms with Crippen LogP contribution in [0.15, 0.2) is 29.3 Å². The Bertz CT molecular complexity index is 373. The number of aliphatic hydroxyl groups excluding tert-OH is 1. The molecule has 1 rings (SSSR count). The summed E-state index contributed by atoms with van der Waals surface area (Å²) in [4.78, 5) is 15.1. The first-order valence-corrected chi connectivity index (χ1v) is 4.82. The van der Waals surface area contributed by atoms with Crippen molar-refractivity contribution in [3.63, 3.8) is 0 Å². The molecule has 0 spiro atoms. The molecular formula is C11H14N2O3. The lowest BCUT2D eigenvalue weighted by Crippen LogP contribution is -2.33. The van der Waals surface area contributed by atoms with Gasteiger partial charge in [0, 0.05) is 13.3 Å². The minimum atomic E-state index is -0.793. The Morgan fingerprint density at radius 1 is 1.50 bits per heavy atom. The van der Waals surface area contributed by atoms with Gasteiger partial charge in [-0.1, -0.05) is 0 Å². The summed E-state index contributed by atoms with van der Waals surface area (Å²) in [5, 5.41) is 20.4. The Hall–Kier alpha value is -1.88. The second kappa shape index (κ2) is 5.87. The van der Waals surface area contributed by atoms with Gasteiger partial charge >= 0.3 is 0 Å². The molecular weight excluding hydrogens is 208 g/mol. The first-order valence-electron chi connectivity index (χ1n) is 4.82. The first kappa shape index (κ1) is 12.2.